The topological polar surface area (TPSA) is 9.23 Å². The smallest absolute Gasteiger partial charge is 0.132 e. The van der Waals surface area contributed by atoms with Gasteiger partial charge in [0.05, 0.1) is 12.5 Å². The van der Waals surface area contributed by atoms with Crippen LogP contribution in [0, 0.1) is 11.6 Å². The van der Waals surface area contributed by atoms with Crippen molar-refractivity contribution in [3.05, 3.63) is 62.6 Å². The molecular weight excluding hydrogens is 373 g/mol. The van der Waals surface area contributed by atoms with E-state index < -0.39 is 17.0 Å². The average Bonchev–Trinajstić information content (AvgIpc) is 2.37. The number of halogens is 5. The maximum Gasteiger partial charge on any atom is 0.132 e. The Labute approximate surface area is 133 Å². The van der Waals surface area contributed by atoms with Gasteiger partial charge in [-0.15, -0.1) is 11.6 Å². The normalized spacial score (nSPS) is 12.3. The third kappa shape index (κ3) is 3.08. The minimum atomic E-state index is -1.03. The largest absolute Gasteiger partial charge is 0.497 e. The summed E-state index contributed by atoms with van der Waals surface area (Å²) < 4.78 is 33.1. The summed E-state index contributed by atoms with van der Waals surface area (Å²) in [7, 11) is 1.50. The number of hydrogen-bond acceptors (Lipinski definition) is 1. The van der Waals surface area contributed by atoms with E-state index in [1.54, 1.807) is 18.2 Å². The molecule has 1 atom stereocenters. The van der Waals surface area contributed by atoms with Crippen LogP contribution < -0.4 is 4.74 Å². The van der Waals surface area contributed by atoms with E-state index in [0.29, 0.717) is 15.8 Å². The van der Waals surface area contributed by atoms with Crippen LogP contribution in [0.2, 0.25) is 5.02 Å². The zero-order valence-corrected chi connectivity index (χ0v) is 13.4. The molecule has 0 fully saturated rings. The van der Waals surface area contributed by atoms with Crippen LogP contribution in [-0.2, 0) is 0 Å². The van der Waals surface area contributed by atoms with Gasteiger partial charge in [-0.3, -0.25) is 0 Å². The molecule has 106 valence electrons. The molecule has 2 aromatic carbocycles. The number of rotatable bonds is 3. The van der Waals surface area contributed by atoms with E-state index in [4.69, 9.17) is 27.9 Å². The lowest BCUT2D eigenvalue weighted by Crippen LogP contribution is -2.02. The standard InChI is InChI=1S/C14H9BrCl2F2O/c1-20-8-2-3-9(10(16)6-8)14(17)13-11(18)4-7(15)5-12(13)19/h2-6,14H,1H3. The fourth-order valence-electron chi connectivity index (χ4n) is 1.79. The van der Waals surface area contributed by atoms with Crippen LogP contribution in [-0.4, -0.2) is 7.11 Å². The monoisotopic (exact) mass is 380 g/mol. The number of benzene rings is 2. The SMILES string of the molecule is COc1ccc(C(Cl)c2c(F)cc(Br)cc2F)c(Cl)c1. The molecule has 0 bridgehead atoms. The highest BCUT2D eigenvalue weighted by atomic mass is 79.9. The van der Waals surface area contributed by atoms with Gasteiger partial charge in [0.1, 0.15) is 17.4 Å². The quantitative estimate of drug-likeness (QED) is 0.618. The fourth-order valence-corrected chi connectivity index (χ4v) is 2.93. The van der Waals surface area contributed by atoms with E-state index in [9.17, 15) is 8.78 Å². The lowest BCUT2D eigenvalue weighted by molar-refractivity contribution is 0.414. The van der Waals surface area contributed by atoms with Gasteiger partial charge in [-0.05, 0) is 29.8 Å². The minimum absolute atomic E-state index is 0.234. The highest BCUT2D eigenvalue weighted by molar-refractivity contribution is 9.10. The number of hydrogen-bond donors (Lipinski definition) is 0. The second-order valence-electron chi connectivity index (χ2n) is 4.03. The molecule has 2 rings (SSSR count). The lowest BCUT2D eigenvalue weighted by Gasteiger charge is -2.15. The summed E-state index contributed by atoms with van der Waals surface area (Å²) in [5.41, 5.74) is 0.177. The highest BCUT2D eigenvalue weighted by Crippen LogP contribution is 2.38. The zero-order chi connectivity index (χ0) is 14.9. The van der Waals surface area contributed by atoms with Gasteiger partial charge in [0.2, 0.25) is 0 Å². The Bertz CT molecular complexity index is 626. The molecule has 0 aliphatic rings. The predicted octanol–water partition coefficient (Wildman–Crippen LogP) is 5.72. The van der Waals surface area contributed by atoms with E-state index >= 15 is 0 Å². The maximum atomic E-state index is 13.9. The summed E-state index contributed by atoms with van der Waals surface area (Å²) in [6, 6.07) is 7.07. The molecule has 0 radical (unpaired) electrons. The van der Waals surface area contributed by atoms with E-state index in [2.05, 4.69) is 15.9 Å². The van der Waals surface area contributed by atoms with E-state index in [-0.39, 0.29) is 10.6 Å². The third-order valence-corrected chi connectivity index (χ3v) is 4.02. The van der Waals surface area contributed by atoms with E-state index in [0.717, 1.165) is 12.1 Å². The van der Waals surface area contributed by atoms with E-state index in [1.165, 1.54) is 7.11 Å². The van der Waals surface area contributed by atoms with Crippen molar-refractivity contribution in [2.75, 3.05) is 7.11 Å². The molecule has 0 aliphatic heterocycles. The number of ether oxygens (including phenoxy) is 1. The van der Waals surface area contributed by atoms with Crippen LogP contribution in [0.3, 0.4) is 0 Å². The Kier molecular flexibility index (Phi) is 4.89. The second-order valence-corrected chi connectivity index (χ2v) is 5.79. The molecule has 0 heterocycles. The second kappa shape index (κ2) is 6.29. The number of alkyl halides is 1. The van der Waals surface area contributed by atoms with Crippen LogP contribution in [0.4, 0.5) is 8.78 Å². The van der Waals surface area contributed by atoms with Gasteiger partial charge in [0.15, 0.2) is 0 Å². The average molecular weight is 382 g/mol. The molecule has 0 aliphatic carbocycles. The molecule has 0 aromatic heterocycles. The molecule has 6 heteroatoms. The van der Waals surface area contributed by atoms with Crippen LogP contribution in [0.1, 0.15) is 16.5 Å². The van der Waals surface area contributed by atoms with E-state index in [1.807, 2.05) is 0 Å². The first-order valence-electron chi connectivity index (χ1n) is 5.56. The Morgan fingerprint density at radius 1 is 1.15 bits per heavy atom. The first kappa shape index (κ1) is 15.5. The van der Waals surface area contributed by atoms with Crippen LogP contribution in [0.5, 0.6) is 5.75 Å². The molecular formula is C14H9BrCl2F2O. The van der Waals surface area contributed by atoms with Crippen molar-refractivity contribution < 1.29 is 13.5 Å². The summed E-state index contributed by atoms with van der Waals surface area (Å²) in [4.78, 5) is 0. The van der Waals surface area contributed by atoms with Crippen LogP contribution >= 0.6 is 39.1 Å². The Hall–Kier alpha value is -0.840. The fraction of sp³-hybridized carbons (Fsp3) is 0.143. The summed E-state index contributed by atoms with van der Waals surface area (Å²) in [6.45, 7) is 0. The van der Waals surface area contributed by atoms with Gasteiger partial charge >= 0.3 is 0 Å². The van der Waals surface area contributed by atoms with Gasteiger partial charge < -0.3 is 4.74 Å². The van der Waals surface area contributed by atoms with Gasteiger partial charge in [-0.25, -0.2) is 8.78 Å². The molecule has 20 heavy (non-hydrogen) atoms. The summed E-state index contributed by atoms with van der Waals surface area (Å²) in [5, 5.41) is -0.743. The maximum absolute atomic E-state index is 13.9. The molecule has 1 unspecified atom stereocenters. The molecule has 2 aromatic rings. The summed E-state index contributed by atoms with van der Waals surface area (Å²) in [6.07, 6.45) is 0. The Balaban J connectivity index is 2.49. The van der Waals surface area contributed by atoms with Crippen molar-refractivity contribution in [3.8, 4) is 5.75 Å². The molecule has 0 N–H and O–H groups in total. The van der Waals surface area contributed by atoms with Crippen molar-refractivity contribution in [3.63, 3.8) is 0 Å². The summed E-state index contributed by atoms with van der Waals surface area (Å²) in [5.74, 6) is -0.924. The third-order valence-electron chi connectivity index (χ3n) is 2.78. The minimum Gasteiger partial charge on any atom is -0.497 e. The van der Waals surface area contributed by atoms with Gasteiger partial charge in [-0.2, -0.15) is 0 Å². The van der Waals surface area contributed by atoms with Crippen molar-refractivity contribution in [1.29, 1.82) is 0 Å². The lowest BCUT2D eigenvalue weighted by atomic mass is 10.0. The first-order valence-corrected chi connectivity index (χ1v) is 7.16. The predicted molar refractivity (Wildman–Crippen MR) is 79.8 cm³/mol. The molecule has 0 spiro atoms. The molecule has 1 nitrogen and oxygen atoms in total. The Morgan fingerprint density at radius 3 is 2.25 bits per heavy atom. The molecule has 0 amide bonds. The molecule has 0 saturated heterocycles. The number of methoxy groups -OCH3 is 1. The molecule has 0 saturated carbocycles. The van der Waals surface area contributed by atoms with Gasteiger partial charge in [0, 0.05) is 15.1 Å². The van der Waals surface area contributed by atoms with Crippen molar-refractivity contribution in [2.24, 2.45) is 0 Å². The zero-order valence-electron chi connectivity index (χ0n) is 10.3. The van der Waals surface area contributed by atoms with Crippen LogP contribution in [0.25, 0.3) is 0 Å². The summed E-state index contributed by atoms with van der Waals surface area (Å²) >= 11 is 15.3. The first-order chi connectivity index (χ1) is 9.43. The van der Waals surface area contributed by atoms with Gasteiger partial charge in [-0.1, -0.05) is 33.6 Å². The van der Waals surface area contributed by atoms with Crippen LogP contribution in [0.15, 0.2) is 34.8 Å². The highest BCUT2D eigenvalue weighted by Gasteiger charge is 2.22. The Morgan fingerprint density at radius 2 is 1.75 bits per heavy atom. The van der Waals surface area contributed by atoms with Gasteiger partial charge in [0.25, 0.3) is 0 Å². The van der Waals surface area contributed by atoms with Crippen molar-refractivity contribution >= 4 is 39.1 Å². The van der Waals surface area contributed by atoms with Crippen molar-refractivity contribution in [1.82, 2.24) is 0 Å². The van der Waals surface area contributed by atoms with Crippen molar-refractivity contribution in [2.45, 2.75) is 5.38 Å².